The van der Waals surface area contributed by atoms with E-state index < -0.39 is 0 Å². The lowest BCUT2D eigenvalue weighted by atomic mass is 9.95. The van der Waals surface area contributed by atoms with Crippen molar-refractivity contribution in [2.24, 2.45) is 5.92 Å². The van der Waals surface area contributed by atoms with Gasteiger partial charge in [-0.1, -0.05) is 17.7 Å². The Morgan fingerprint density at radius 3 is 2.57 bits per heavy atom. The number of nitrogens with zero attached hydrogens (tertiary/aromatic N) is 2. The van der Waals surface area contributed by atoms with E-state index in [-0.39, 0.29) is 11.8 Å². The van der Waals surface area contributed by atoms with E-state index >= 15 is 0 Å². The van der Waals surface area contributed by atoms with Crippen LogP contribution in [0, 0.1) is 12.8 Å². The molecule has 1 aliphatic rings. The van der Waals surface area contributed by atoms with Crippen molar-refractivity contribution in [3.05, 3.63) is 53.3 Å². The van der Waals surface area contributed by atoms with Crippen molar-refractivity contribution < 1.29 is 4.79 Å². The van der Waals surface area contributed by atoms with Crippen LogP contribution in [0.25, 0.3) is 0 Å². The fourth-order valence-corrected chi connectivity index (χ4v) is 3.05. The minimum atomic E-state index is 0.0492. The number of piperidine rings is 1. The lowest BCUT2D eigenvalue weighted by molar-refractivity contribution is -0.120. The first-order valence-corrected chi connectivity index (χ1v) is 8.23. The normalized spacial score (nSPS) is 15.5. The number of amides is 1. The number of carbonyl (C=O) groups is 1. The summed E-state index contributed by atoms with van der Waals surface area (Å²) in [5.41, 5.74) is 2.95. The van der Waals surface area contributed by atoms with Gasteiger partial charge in [-0.3, -0.25) is 9.78 Å². The summed E-state index contributed by atoms with van der Waals surface area (Å²) in [7, 11) is 0. The molecule has 0 radical (unpaired) electrons. The van der Waals surface area contributed by atoms with E-state index in [1.54, 1.807) is 18.5 Å². The number of aryl methyl sites for hydroxylation is 1. The Morgan fingerprint density at radius 2 is 1.91 bits per heavy atom. The van der Waals surface area contributed by atoms with Crippen molar-refractivity contribution in [3.63, 3.8) is 0 Å². The molecule has 1 aromatic carbocycles. The second-order valence-corrected chi connectivity index (χ2v) is 6.33. The van der Waals surface area contributed by atoms with Crippen LogP contribution in [0.2, 0.25) is 5.02 Å². The molecule has 3 rings (SSSR count). The van der Waals surface area contributed by atoms with Gasteiger partial charge >= 0.3 is 0 Å². The summed E-state index contributed by atoms with van der Waals surface area (Å²) < 4.78 is 0. The second-order valence-electron chi connectivity index (χ2n) is 5.92. The maximum atomic E-state index is 12.4. The molecule has 5 heteroatoms. The number of hydrogen-bond donors (Lipinski definition) is 1. The third-order valence-electron chi connectivity index (χ3n) is 4.33. The number of aromatic nitrogens is 1. The quantitative estimate of drug-likeness (QED) is 0.929. The number of rotatable bonds is 3. The van der Waals surface area contributed by atoms with Crippen molar-refractivity contribution in [2.75, 3.05) is 23.3 Å². The van der Waals surface area contributed by atoms with Crippen LogP contribution in [0.4, 0.5) is 11.4 Å². The number of anilines is 2. The van der Waals surface area contributed by atoms with Gasteiger partial charge in [0.2, 0.25) is 5.91 Å². The SMILES string of the molecule is Cc1ccc(NC(=O)C2CCN(c3ccncc3)CC2)cc1Cl. The number of halogens is 1. The van der Waals surface area contributed by atoms with Gasteiger partial charge in [0.15, 0.2) is 0 Å². The summed E-state index contributed by atoms with van der Waals surface area (Å²) in [6.45, 7) is 3.72. The molecule has 2 heterocycles. The van der Waals surface area contributed by atoms with Gasteiger partial charge in [-0.15, -0.1) is 0 Å². The van der Waals surface area contributed by atoms with Crippen molar-refractivity contribution in [1.29, 1.82) is 0 Å². The smallest absolute Gasteiger partial charge is 0.227 e. The number of carbonyl (C=O) groups excluding carboxylic acids is 1. The van der Waals surface area contributed by atoms with Crippen LogP contribution in [0.5, 0.6) is 0 Å². The molecule has 0 saturated carbocycles. The number of benzene rings is 1. The molecular weight excluding hydrogens is 310 g/mol. The summed E-state index contributed by atoms with van der Waals surface area (Å²) >= 11 is 6.11. The molecule has 0 spiro atoms. The summed E-state index contributed by atoms with van der Waals surface area (Å²) in [5, 5.41) is 3.66. The van der Waals surface area contributed by atoms with Crippen LogP contribution in [-0.2, 0) is 4.79 Å². The molecule has 0 unspecified atom stereocenters. The lowest BCUT2D eigenvalue weighted by Crippen LogP contribution is -2.38. The molecule has 1 fully saturated rings. The zero-order valence-corrected chi connectivity index (χ0v) is 13.9. The highest BCUT2D eigenvalue weighted by Crippen LogP contribution is 2.25. The van der Waals surface area contributed by atoms with Crippen molar-refractivity contribution in [1.82, 2.24) is 4.98 Å². The summed E-state index contributed by atoms with van der Waals surface area (Å²) in [6.07, 6.45) is 5.31. The molecule has 0 bridgehead atoms. The molecule has 23 heavy (non-hydrogen) atoms. The fourth-order valence-electron chi connectivity index (χ4n) is 2.87. The highest BCUT2D eigenvalue weighted by Gasteiger charge is 2.25. The van der Waals surface area contributed by atoms with Gasteiger partial charge in [-0.2, -0.15) is 0 Å². The average Bonchev–Trinajstić information content (AvgIpc) is 2.59. The first-order valence-electron chi connectivity index (χ1n) is 7.85. The number of pyridine rings is 1. The summed E-state index contributed by atoms with van der Waals surface area (Å²) in [6, 6.07) is 9.64. The standard InChI is InChI=1S/C18H20ClN3O/c1-13-2-3-15(12-17(13)19)21-18(23)14-6-10-22(11-7-14)16-4-8-20-9-5-16/h2-5,8-9,12,14H,6-7,10-11H2,1H3,(H,21,23). The maximum Gasteiger partial charge on any atom is 0.227 e. The molecule has 0 atom stereocenters. The largest absolute Gasteiger partial charge is 0.371 e. The first kappa shape index (κ1) is 15.8. The fraction of sp³-hybridized carbons (Fsp3) is 0.333. The molecule has 0 aliphatic carbocycles. The highest BCUT2D eigenvalue weighted by atomic mass is 35.5. The van der Waals surface area contributed by atoms with E-state index in [0.717, 1.165) is 37.2 Å². The predicted octanol–water partition coefficient (Wildman–Crippen LogP) is 3.90. The first-order chi connectivity index (χ1) is 11.1. The topological polar surface area (TPSA) is 45.2 Å². The predicted molar refractivity (Wildman–Crippen MR) is 94.0 cm³/mol. The maximum absolute atomic E-state index is 12.4. The Hall–Kier alpha value is -2.07. The van der Waals surface area contributed by atoms with Crippen LogP contribution in [0.15, 0.2) is 42.7 Å². The van der Waals surface area contributed by atoms with Gasteiger partial charge in [0.25, 0.3) is 0 Å². The van der Waals surface area contributed by atoms with Crippen LogP contribution < -0.4 is 10.2 Å². The zero-order chi connectivity index (χ0) is 16.2. The van der Waals surface area contributed by atoms with E-state index in [4.69, 9.17) is 11.6 Å². The Bertz CT molecular complexity index is 682. The Labute approximate surface area is 141 Å². The van der Waals surface area contributed by atoms with E-state index in [0.29, 0.717) is 5.02 Å². The van der Waals surface area contributed by atoms with Crippen LogP contribution in [-0.4, -0.2) is 24.0 Å². The van der Waals surface area contributed by atoms with Crippen molar-refractivity contribution in [2.45, 2.75) is 19.8 Å². The third kappa shape index (κ3) is 3.82. The van der Waals surface area contributed by atoms with Crippen LogP contribution >= 0.6 is 11.6 Å². The van der Waals surface area contributed by atoms with E-state index in [9.17, 15) is 4.79 Å². The third-order valence-corrected chi connectivity index (χ3v) is 4.74. The second kappa shape index (κ2) is 7.01. The molecule has 1 aliphatic heterocycles. The van der Waals surface area contributed by atoms with Crippen LogP contribution in [0.1, 0.15) is 18.4 Å². The van der Waals surface area contributed by atoms with Gasteiger partial charge in [-0.25, -0.2) is 0 Å². The number of nitrogens with one attached hydrogen (secondary N) is 1. The average molecular weight is 330 g/mol. The van der Waals surface area contributed by atoms with Gasteiger partial charge in [0, 0.05) is 47.8 Å². The van der Waals surface area contributed by atoms with E-state index in [1.165, 1.54) is 5.69 Å². The molecule has 120 valence electrons. The minimum absolute atomic E-state index is 0.0492. The van der Waals surface area contributed by atoms with Gasteiger partial charge in [-0.05, 0) is 49.6 Å². The monoisotopic (exact) mass is 329 g/mol. The van der Waals surface area contributed by atoms with Gasteiger partial charge in [0.1, 0.15) is 0 Å². The summed E-state index contributed by atoms with van der Waals surface area (Å²) in [5.74, 6) is 0.132. The Balaban J connectivity index is 1.57. The van der Waals surface area contributed by atoms with E-state index in [2.05, 4.69) is 15.2 Å². The molecule has 1 amide bonds. The molecular formula is C18H20ClN3O. The number of hydrogen-bond acceptors (Lipinski definition) is 3. The van der Waals surface area contributed by atoms with Gasteiger partial charge < -0.3 is 10.2 Å². The Kier molecular flexibility index (Phi) is 4.82. The van der Waals surface area contributed by atoms with Gasteiger partial charge in [0.05, 0.1) is 0 Å². The molecule has 4 nitrogen and oxygen atoms in total. The highest BCUT2D eigenvalue weighted by molar-refractivity contribution is 6.31. The van der Waals surface area contributed by atoms with Crippen molar-refractivity contribution >= 4 is 28.9 Å². The zero-order valence-electron chi connectivity index (χ0n) is 13.1. The molecule has 1 aromatic heterocycles. The molecule has 1 saturated heterocycles. The molecule has 2 aromatic rings. The molecule has 1 N–H and O–H groups in total. The Morgan fingerprint density at radius 1 is 1.22 bits per heavy atom. The summed E-state index contributed by atoms with van der Waals surface area (Å²) in [4.78, 5) is 18.8. The minimum Gasteiger partial charge on any atom is -0.371 e. The van der Waals surface area contributed by atoms with Crippen molar-refractivity contribution in [3.8, 4) is 0 Å². The van der Waals surface area contributed by atoms with Crippen LogP contribution in [0.3, 0.4) is 0 Å². The lowest BCUT2D eigenvalue weighted by Gasteiger charge is -2.32. The van der Waals surface area contributed by atoms with E-state index in [1.807, 2.05) is 31.2 Å².